The third-order valence-corrected chi connectivity index (χ3v) is 7.11. The van der Waals surface area contributed by atoms with Gasteiger partial charge in [-0.15, -0.1) is 5.11 Å². The van der Waals surface area contributed by atoms with E-state index in [1.165, 1.54) is 12.1 Å². The molecule has 202 valence electrons. The maximum absolute atomic E-state index is 13.5. The van der Waals surface area contributed by atoms with Crippen molar-refractivity contribution in [2.45, 2.75) is 25.2 Å². The molecule has 0 aromatic heterocycles. The second-order valence-electron chi connectivity index (χ2n) is 8.29. The maximum Gasteiger partial charge on any atom is 1.00 e. The summed E-state index contributed by atoms with van der Waals surface area (Å²) in [5, 5.41) is 25.9. The molecule has 0 aliphatic carbocycles. The fourth-order valence-corrected chi connectivity index (χ4v) is 4.96. The number of nitrogens with one attached hydrogen (secondary N) is 1. The summed E-state index contributed by atoms with van der Waals surface area (Å²) in [5.41, 5.74) is 0.573. The average molecular weight is 610 g/mol. The molecular weight excluding hydrogens is 588 g/mol. The second-order valence-corrected chi connectivity index (χ2v) is 10.6. The number of hydrogen-bond acceptors (Lipinski definition) is 7. The monoisotopic (exact) mass is 609 g/mol. The topological polar surface area (TPSA) is 140 Å². The van der Waals surface area contributed by atoms with Crippen LogP contribution in [0.5, 0.6) is 11.5 Å². The Morgan fingerprint density at radius 3 is 2.40 bits per heavy atom. The predicted octanol–water partition coefficient (Wildman–Crippen LogP) is 4.10. The van der Waals surface area contributed by atoms with Crippen molar-refractivity contribution in [3.63, 3.8) is 0 Å². The van der Waals surface area contributed by atoms with Gasteiger partial charge in [0.25, 0.3) is 16.0 Å². The van der Waals surface area contributed by atoms with Crippen molar-refractivity contribution in [3.8, 4) is 11.5 Å². The summed E-state index contributed by atoms with van der Waals surface area (Å²) in [6, 6.07) is 15.3. The number of carbonyl (C=O) groups is 1. The molecule has 0 saturated heterocycles. The van der Waals surface area contributed by atoms with Crippen LogP contribution in [0.1, 0.15) is 29.8 Å². The Morgan fingerprint density at radius 1 is 1.02 bits per heavy atom. The molecule has 0 spiro atoms. The summed E-state index contributed by atoms with van der Waals surface area (Å²) in [6.07, 6.45) is 0.314. The fraction of sp³-hybridized carbons (Fsp3) is 0.148. The van der Waals surface area contributed by atoms with E-state index < -0.39 is 21.8 Å². The van der Waals surface area contributed by atoms with E-state index in [9.17, 15) is 22.9 Å². The largest absolute Gasteiger partial charge is 1.00 e. The van der Waals surface area contributed by atoms with Gasteiger partial charge < -0.3 is 15.2 Å². The molecule has 0 radical (unpaired) electrons. The van der Waals surface area contributed by atoms with E-state index in [0.29, 0.717) is 45.8 Å². The molecule has 9 nitrogen and oxygen atoms in total. The number of ether oxygens (including phenoxy) is 1. The van der Waals surface area contributed by atoms with Gasteiger partial charge in [0.2, 0.25) is 0 Å². The molecule has 40 heavy (non-hydrogen) atoms. The molecule has 13 heteroatoms. The van der Waals surface area contributed by atoms with E-state index in [1.54, 1.807) is 56.3 Å². The SMILES string of the molecule is CCOc1cc(Cl)ccc1NC(=O)c1cc2ccccc2c(N=Nc2c(Cl)cc(S(=O)(=O)O)cc2CC)c1[O-].[Na+]. The first-order valence-corrected chi connectivity index (χ1v) is 13.9. The van der Waals surface area contributed by atoms with Gasteiger partial charge in [-0.25, -0.2) is 0 Å². The molecule has 4 rings (SSSR count). The van der Waals surface area contributed by atoms with Gasteiger partial charge >= 0.3 is 29.6 Å². The number of fused-ring (bicyclic) bond motifs is 1. The van der Waals surface area contributed by atoms with Crippen LogP contribution in [0.15, 0.2) is 75.8 Å². The number of hydrogen-bond donors (Lipinski definition) is 2. The van der Waals surface area contributed by atoms with Gasteiger partial charge in [-0.1, -0.05) is 60.1 Å². The van der Waals surface area contributed by atoms with E-state index in [-0.39, 0.29) is 56.4 Å². The Hall–Kier alpha value is -2.70. The van der Waals surface area contributed by atoms with Gasteiger partial charge in [-0.3, -0.25) is 9.35 Å². The number of nitrogens with zero attached hydrogens (tertiary/aromatic N) is 2. The van der Waals surface area contributed by atoms with Crippen molar-refractivity contribution >= 4 is 67.1 Å². The molecule has 2 N–H and O–H groups in total. The fourth-order valence-electron chi connectivity index (χ4n) is 3.90. The summed E-state index contributed by atoms with van der Waals surface area (Å²) < 4.78 is 38.1. The van der Waals surface area contributed by atoms with Gasteiger partial charge in [0, 0.05) is 22.0 Å². The summed E-state index contributed by atoms with van der Waals surface area (Å²) in [5.74, 6) is -1.01. The summed E-state index contributed by atoms with van der Waals surface area (Å²) in [4.78, 5) is 12.9. The Labute approximate surface area is 263 Å². The van der Waals surface area contributed by atoms with Crippen LogP contribution in [0.4, 0.5) is 17.1 Å². The van der Waals surface area contributed by atoms with Crippen molar-refractivity contribution in [2.75, 3.05) is 11.9 Å². The van der Waals surface area contributed by atoms with Crippen molar-refractivity contribution in [1.82, 2.24) is 0 Å². The summed E-state index contributed by atoms with van der Waals surface area (Å²) in [6.45, 7) is 3.87. The molecule has 4 aromatic carbocycles. The van der Waals surface area contributed by atoms with Crippen LogP contribution in [0, 0.1) is 0 Å². The molecular formula is C27H22Cl2N3NaO6S. The van der Waals surface area contributed by atoms with E-state index in [0.717, 1.165) is 6.07 Å². The average Bonchev–Trinajstić information content (AvgIpc) is 2.89. The van der Waals surface area contributed by atoms with Gasteiger partial charge in [0.15, 0.2) is 0 Å². The minimum absolute atomic E-state index is 0. The van der Waals surface area contributed by atoms with Crippen LogP contribution in [0.2, 0.25) is 10.0 Å². The number of rotatable bonds is 8. The van der Waals surface area contributed by atoms with Crippen LogP contribution < -0.4 is 44.7 Å². The Kier molecular flexibility index (Phi) is 10.6. The maximum atomic E-state index is 13.5. The number of amides is 1. The van der Waals surface area contributed by atoms with Gasteiger partial charge in [0.05, 0.1) is 27.9 Å². The number of halogens is 2. The minimum Gasteiger partial charge on any atom is -0.870 e. The zero-order valence-corrected chi connectivity index (χ0v) is 26.1. The zero-order valence-electron chi connectivity index (χ0n) is 21.7. The normalized spacial score (nSPS) is 11.4. The summed E-state index contributed by atoms with van der Waals surface area (Å²) >= 11 is 12.3. The minimum atomic E-state index is -4.50. The molecule has 0 unspecified atom stereocenters. The van der Waals surface area contributed by atoms with Crippen LogP contribution in [-0.2, 0) is 16.5 Å². The summed E-state index contributed by atoms with van der Waals surface area (Å²) in [7, 11) is -4.50. The van der Waals surface area contributed by atoms with E-state index in [2.05, 4.69) is 15.5 Å². The van der Waals surface area contributed by atoms with Gasteiger partial charge in [-0.2, -0.15) is 13.5 Å². The second kappa shape index (κ2) is 13.3. The van der Waals surface area contributed by atoms with Gasteiger partial charge in [-0.05, 0) is 54.6 Å². The number of azo groups is 1. The molecule has 0 aliphatic heterocycles. The molecule has 1 amide bonds. The smallest absolute Gasteiger partial charge is 0.870 e. The first kappa shape index (κ1) is 31.8. The van der Waals surface area contributed by atoms with Crippen LogP contribution >= 0.6 is 23.2 Å². The quantitative estimate of drug-likeness (QED) is 0.175. The molecule has 0 bridgehead atoms. The molecule has 0 aliphatic rings. The molecule has 0 atom stereocenters. The molecule has 0 saturated carbocycles. The first-order chi connectivity index (χ1) is 18.5. The van der Waals surface area contributed by atoms with Gasteiger partial charge in [0.1, 0.15) is 11.4 Å². The van der Waals surface area contributed by atoms with Crippen LogP contribution in [0.3, 0.4) is 0 Å². The van der Waals surface area contributed by atoms with E-state index in [4.69, 9.17) is 27.9 Å². The zero-order chi connectivity index (χ0) is 28.3. The Morgan fingerprint density at radius 2 is 1.73 bits per heavy atom. The van der Waals surface area contributed by atoms with E-state index >= 15 is 0 Å². The van der Waals surface area contributed by atoms with Crippen molar-refractivity contribution < 1.29 is 57.2 Å². The Bertz CT molecular complexity index is 1730. The van der Waals surface area contributed by atoms with Crippen molar-refractivity contribution in [2.24, 2.45) is 10.2 Å². The third-order valence-electron chi connectivity index (χ3n) is 5.76. The molecule has 0 heterocycles. The first-order valence-electron chi connectivity index (χ1n) is 11.7. The predicted molar refractivity (Wildman–Crippen MR) is 149 cm³/mol. The van der Waals surface area contributed by atoms with Crippen LogP contribution in [0.25, 0.3) is 10.8 Å². The number of anilines is 1. The van der Waals surface area contributed by atoms with Crippen LogP contribution in [-0.4, -0.2) is 25.5 Å². The number of benzene rings is 4. The van der Waals surface area contributed by atoms with Crippen molar-refractivity contribution in [1.29, 1.82) is 0 Å². The molecule has 4 aromatic rings. The third kappa shape index (κ3) is 6.95. The van der Waals surface area contributed by atoms with E-state index in [1.807, 2.05) is 0 Å². The standard InChI is InChI=1S/C27H23Cl2N3O6S.Na/c1-3-15-11-18(39(35,36)37)14-21(29)24(15)31-32-25-19-8-6-5-7-16(19)12-20(26(25)33)27(34)30-22-10-9-17(28)13-23(22)38-4-2;/h5-14,33H,3-4H2,1-2H3,(H,30,34)(H,35,36,37);/q;+1/p-1. The molecule has 0 fully saturated rings. The van der Waals surface area contributed by atoms with Crippen molar-refractivity contribution in [3.05, 3.63) is 81.8 Å². The number of aryl methyl sites for hydroxylation is 1. The number of carbonyl (C=O) groups excluding carboxylic acids is 1. The Balaban J connectivity index is 0.00000441.